The van der Waals surface area contributed by atoms with Gasteiger partial charge in [-0.15, -0.1) is 0 Å². The topological polar surface area (TPSA) is 63.8 Å². The molecule has 0 radical (unpaired) electrons. The van der Waals surface area contributed by atoms with E-state index in [1.54, 1.807) is 24.3 Å². The molecule has 1 aromatic heterocycles. The maximum atomic E-state index is 12.9. The average Bonchev–Trinajstić information content (AvgIpc) is 2.53. The van der Waals surface area contributed by atoms with Crippen LogP contribution in [0.1, 0.15) is 5.56 Å². The molecule has 0 saturated heterocycles. The summed E-state index contributed by atoms with van der Waals surface area (Å²) in [6.07, 6.45) is -4.42. The summed E-state index contributed by atoms with van der Waals surface area (Å²) in [5.41, 5.74) is 3.05. The van der Waals surface area contributed by atoms with Gasteiger partial charge < -0.3 is 0 Å². The fourth-order valence-electron chi connectivity index (χ4n) is 2.19. The third-order valence-electron chi connectivity index (χ3n) is 3.20. The highest BCUT2D eigenvalue weighted by molar-refractivity contribution is 5.93. The van der Waals surface area contributed by atoms with Gasteiger partial charge in [-0.3, -0.25) is 5.43 Å². The van der Waals surface area contributed by atoms with E-state index in [0.29, 0.717) is 22.2 Å². The van der Waals surface area contributed by atoms with Crippen LogP contribution in [0.25, 0.3) is 22.2 Å². The molecule has 4 nitrogen and oxygen atoms in total. The third-order valence-corrected chi connectivity index (χ3v) is 3.20. The van der Waals surface area contributed by atoms with Crippen LogP contribution >= 0.6 is 0 Å². The van der Waals surface area contributed by atoms with Gasteiger partial charge in [0.05, 0.1) is 16.8 Å². The predicted molar refractivity (Wildman–Crippen MR) is 77.8 cm³/mol. The van der Waals surface area contributed by atoms with Gasteiger partial charge in [-0.1, -0.05) is 30.3 Å². The van der Waals surface area contributed by atoms with E-state index in [9.17, 15) is 13.2 Å². The number of nitrogens with zero attached hydrogens (tertiary/aromatic N) is 2. The minimum Gasteiger partial charge on any atom is -0.292 e. The van der Waals surface area contributed by atoms with Crippen molar-refractivity contribution in [1.82, 2.24) is 9.97 Å². The zero-order valence-corrected chi connectivity index (χ0v) is 11.2. The Morgan fingerprint density at radius 2 is 1.68 bits per heavy atom. The molecule has 0 atom stereocenters. The second-order valence-electron chi connectivity index (χ2n) is 4.64. The minimum absolute atomic E-state index is 0.145. The Hall–Kier alpha value is -2.67. The van der Waals surface area contributed by atoms with E-state index < -0.39 is 11.7 Å². The van der Waals surface area contributed by atoms with Gasteiger partial charge in [-0.25, -0.2) is 15.8 Å². The number of hydrazine groups is 1. The van der Waals surface area contributed by atoms with Crippen molar-refractivity contribution in [1.29, 1.82) is 0 Å². The number of nitrogens with one attached hydrogen (secondary N) is 1. The Kier molecular flexibility index (Phi) is 3.42. The first-order chi connectivity index (χ1) is 10.5. The third kappa shape index (κ3) is 2.58. The smallest absolute Gasteiger partial charge is 0.292 e. The summed E-state index contributed by atoms with van der Waals surface area (Å²) in [5, 5.41) is 0.319. The fourth-order valence-corrected chi connectivity index (χ4v) is 2.19. The second-order valence-corrected chi connectivity index (χ2v) is 4.64. The van der Waals surface area contributed by atoms with Gasteiger partial charge in [-0.05, 0) is 18.2 Å². The quantitative estimate of drug-likeness (QED) is 0.561. The van der Waals surface area contributed by atoms with Crippen LogP contribution in [0.15, 0.2) is 48.5 Å². The highest BCUT2D eigenvalue weighted by Crippen LogP contribution is 2.34. The molecule has 3 rings (SSSR count). The maximum Gasteiger partial charge on any atom is 0.416 e. The number of fused-ring (bicyclic) bond motifs is 1. The predicted octanol–water partition coefficient (Wildman–Crippen LogP) is 3.60. The van der Waals surface area contributed by atoms with Crippen LogP contribution in [0.5, 0.6) is 0 Å². The van der Waals surface area contributed by atoms with Crippen molar-refractivity contribution in [3.63, 3.8) is 0 Å². The van der Waals surface area contributed by atoms with Crippen LogP contribution < -0.4 is 11.3 Å². The van der Waals surface area contributed by atoms with Crippen molar-refractivity contribution in [2.75, 3.05) is 5.43 Å². The summed E-state index contributed by atoms with van der Waals surface area (Å²) < 4.78 is 38.8. The van der Waals surface area contributed by atoms with Crippen LogP contribution in [0.2, 0.25) is 0 Å². The molecule has 7 heteroatoms. The van der Waals surface area contributed by atoms with E-state index in [2.05, 4.69) is 15.4 Å². The monoisotopic (exact) mass is 304 g/mol. The number of hydrogen-bond acceptors (Lipinski definition) is 4. The Balaban J connectivity index is 2.32. The van der Waals surface area contributed by atoms with E-state index in [0.717, 1.165) is 12.1 Å². The molecular weight excluding hydrogens is 293 g/mol. The standard InChI is InChI=1S/C15H11F3N4/c16-15(17,18)10-6-7-12-11(8-10)13(21-14(20-12)22-19)9-4-2-1-3-5-9/h1-8H,19H2,(H,20,21,22). The Morgan fingerprint density at radius 3 is 2.32 bits per heavy atom. The number of hydrogen-bond donors (Lipinski definition) is 2. The molecule has 0 unspecified atom stereocenters. The summed E-state index contributed by atoms with van der Waals surface area (Å²) in [4.78, 5) is 8.29. The van der Waals surface area contributed by atoms with E-state index >= 15 is 0 Å². The first-order valence-corrected chi connectivity index (χ1v) is 6.40. The van der Waals surface area contributed by atoms with Gasteiger partial charge in [0, 0.05) is 10.9 Å². The first kappa shape index (κ1) is 14.3. The molecule has 22 heavy (non-hydrogen) atoms. The van der Waals surface area contributed by atoms with E-state index in [-0.39, 0.29) is 5.95 Å². The van der Waals surface area contributed by atoms with Gasteiger partial charge in [0.2, 0.25) is 5.95 Å². The van der Waals surface area contributed by atoms with Crippen molar-refractivity contribution in [2.45, 2.75) is 6.18 Å². The van der Waals surface area contributed by atoms with Gasteiger partial charge in [0.25, 0.3) is 0 Å². The van der Waals surface area contributed by atoms with Crippen LogP contribution in [0, 0.1) is 0 Å². The lowest BCUT2D eigenvalue weighted by molar-refractivity contribution is -0.137. The molecule has 0 aliphatic rings. The number of rotatable bonds is 2. The zero-order chi connectivity index (χ0) is 15.7. The number of benzene rings is 2. The van der Waals surface area contributed by atoms with Gasteiger partial charge in [-0.2, -0.15) is 13.2 Å². The molecule has 112 valence electrons. The number of anilines is 1. The molecule has 0 bridgehead atoms. The number of aromatic nitrogens is 2. The summed E-state index contributed by atoms with van der Waals surface area (Å²) in [6, 6.07) is 12.3. The van der Waals surface area contributed by atoms with E-state index in [4.69, 9.17) is 5.84 Å². The number of nitrogen functional groups attached to an aromatic ring is 1. The van der Waals surface area contributed by atoms with Crippen molar-refractivity contribution in [3.05, 3.63) is 54.1 Å². The Morgan fingerprint density at radius 1 is 0.955 bits per heavy atom. The van der Waals surface area contributed by atoms with Crippen molar-refractivity contribution in [2.24, 2.45) is 5.84 Å². The second kappa shape index (κ2) is 5.27. The van der Waals surface area contributed by atoms with E-state index in [1.165, 1.54) is 6.07 Å². The molecule has 0 spiro atoms. The Labute approximate surface area is 123 Å². The Bertz CT molecular complexity index is 816. The van der Waals surface area contributed by atoms with Crippen LogP contribution in [0.4, 0.5) is 19.1 Å². The average molecular weight is 304 g/mol. The highest BCUT2D eigenvalue weighted by Gasteiger charge is 2.31. The van der Waals surface area contributed by atoms with Crippen LogP contribution in [-0.2, 0) is 6.18 Å². The lowest BCUT2D eigenvalue weighted by Gasteiger charge is -2.11. The molecule has 0 aliphatic heterocycles. The molecule has 0 saturated carbocycles. The van der Waals surface area contributed by atoms with Gasteiger partial charge in [0.1, 0.15) is 0 Å². The van der Waals surface area contributed by atoms with E-state index in [1.807, 2.05) is 6.07 Å². The lowest BCUT2D eigenvalue weighted by Crippen LogP contribution is -2.11. The van der Waals surface area contributed by atoms with Crippen molar-refractivity contribution < 1.29 is 13.2 Å². The zero-order valence-electron chi connectivity index (χ0n) is 11.2. The SMILES string of the molecule is NNc1nc(-c2ccccc2)c2cc(C(F)(F)F)ccc2n1. The molecule has 0 aliphatic carbocycles. The van der Waals surface area contributed by atoms with Crippen molar-refractivity contribution >= 4 is 16.9 Å². The van der Waals surface area contributed by atoms with Crippen molar-refractivity contribution in [3.8, 4) is 11.3 Å². The normalized spacial score (nSPS) is 11.6. The number of alkyl halides is 3. The summed E-state index contributed by atoms with van der Waals surface area (Å²) in [7, 11) is 0. The molecule has 2 aromatic carbocycles. The first-order valence-electron chi connectivity index (χ1n) is 6.40. The number of halogens is 3. The molecule has 1 heterocycles. The van der Waals surface area contributed by atoms with Gasteiger partial charge in [0.15, 0.2) is 0 Å². The molecule has 0 fully saturated rings. The molecule has 3 N–H and O–H groups in total. The summed E-state index contributed by atoms with van der Waals surface area (Å²) in [6.45, 7) is 0. The fraction of sp³-hybridized carbons (Fsp3) is 0.0667. The summed E-state index contributed by atoms with van der Waals surface area (Å²) in [5.74, 6) is 5.48. The van der Waals surface area contributed by atoms with Gasteiger partial charge >= 0.3 is 6.18 Å². The maximum absolute atomic E-state index is 12.9. The van der Waals surface area contributed by atoms with Crippen LogP contribution in [-0.4, -0.2) is 9.97 Å². The van der Waals surface area contributed by atoms with Crippen LogP contribution in [0.3, 0.4) is 0 Å². The molecule has 3 aromatic rings. The largest absolute Gasteiger partial charge is 0.416 e. The molecular formula is C15H11F3N4. The highest BCUT2D eigenvalue weighted by atomic mass is 19.4. The lowest BCUT2D eigenvalue weighted by atomic mass is 10.0. The molecule has 0 amide bonds. The number of nitrogens with two attached hydrogens (primary N) is 1. The summed E-state index contributed by atoms with van der Waals surface area (Å²) >= 11 is 0. The minimum atomic E-state index is -4.42.